The molecule has 25 heavy (non-hydrogen) atoms. The summed E-state index contributed by atoms with van der Waals surface area (Å²) < 4.78 is 0. The van der Waals surface area contributed by atoms with Gasteiger partial charge in [0, 0.05) is 17.9 Å². The molecule has 0 unspecified atom stereocenters. The van der Waals surface area contributed by atoms with Gasteiger partial charge in [0.2, 0.25) is 5.91 Å². The van der Waals surface area contributed by atoms with Gasteiger partial charge in [-0.25, -0.2) is 0 Å². The first-order valence-electron chi connectivity index (χ1n) is 8.35. The van der Waals surface area contributed by atoms with Gasteiger partial charge in [-0.3, -0.25) is 9.59 Å². The fourth-order valence-electron chi connectivity index (χ4n) is 3.52. The number of carbonyl (C=O) groups is 2. The molecule has 0 heterocycles. The van der Waals surface area contributed by atoms with E-state index in [1.807, 2.05) is 36.4 Å². The summed E-state index contributed by atoms with van der Waals surface area (Å²) in [7, 11) is 0. The molecule has 0 spiro atoms. The molecule has 0 aromatic heterocycles. The van der Waals surface area contributed by atoms with Gasteiger partial charge in [-0.15, -0.1) is 0 Å². The monoisotopic (exact) mass is 330 g/mol. The number of hydrogen-bond acceptors (Lipinski definition) is 2. The van der Waals surface area contributed by atoms with Crippen LogP contribution in [0.5, 0.6) is 0 Å². The normalized spacial score (nSPS) is 12.2. The fraction of sp³-hybridized carbons (Fsp3) is 0.143. The number of anilines is 2. The molecule has 4 nitrogen and oxygen atoms in total. The van der Waals surface area contributed by atoms with Gasteiger partial charge in [0.25, 0.3) is 5.91 Å². The molecule has 2 amide bonds. The zero-order valence-corrected chi connectivity index (χ0v) is 13.9. The highest BCUT2D eigenvalue weighted by molar-refractivity contribution is 6.15. The van der Waals surface area contributed by atoms with Crippen LogP contribution in [-0.2, 0) is 17.6 Å². The van der Waals surface area contributed by atoms with Crippen molar-refractivity contribution in [1.82, 2.24) is 0 Å². The van der Waals surface area contributed by atoms with Crippen LogP contribution in [0.15, 0.2) is 54.6 Å². The Morgan fingerprint density at radius 3 is 2.40 bits per heavy atom. The lowest BCUT2D eigenvalue weighted by Gasteiger charge is -2.16. The smallest absolute Gasteiger partial charge is 0.255 e. The predicted molar refractivity (Wildman–Crippen MR) is 100 cm³/mol. The molecule has 124 valence electrons. The number of rotatable bonds is 3. The van der Waals surface area contributed by atoms with Crippen LogP contribution in [0, 0.1) is 0 Å². The Balaban J connectivity index is 1.86. The van der Waals surface area contributed by atoms with Crippen molar-refractivity contribution in [2.45, 2.75) is 19.8 Å². The van der Waals surface area contributed by atoms with Crippen LogP contribution in [-0.4, -0.2) is 11.8 Å². The maximum absolute atomic E-state index is 12.7. The van der Waals surface area contributed by atoms with Crippen molar-refractivity contribution >= 4 is 34.0 Å². The van der Waals surface area contributed by atoms with E-state index in [2.05, 4.69) is 16.7 Å². The minimum Gasteiger partial charge on any atom is -0.325 e. The van der Waals surface area contributed by atoms with E-state index in [0.717, 1.165) is 18.2 Å². The average Bonchev–Trinajstić information content (AvgIpc) is 3.02. The summed E-state index contributed by atoms with van der Waals surface area (Å²) in [6.45, 7) is 1.47. The van der Waals surface area contributed by atoms with Crippen LogP contribution >= 0.6 is 0 Å². The average molecular weight is 330 g/mol. The number of nitrogens with one attached hydrogen (secondary N) is 2. The third-order valence-corrected chi connectivity index (χ3v) is 4.58. The van der Waals surface area contributed by atoms with Gasteiger partial charge in [-0.1, -0.05) is 36.4 Å². The van der Waals surface area contributed by atoms with Crippen molar-refractivity contribution in [3.63, 3.8) is 0 Å². The lowest BCUT2D eigenvalue weighted by atomic mass is 10.0. The standard InChI is InChI=1S/C21H18N2O2/c1-13(24)22-18-12-16-11-10-14-8-5-9-17(19(14)16)20(18)23-21(25)15-6-3-2-4-7-15/h2-9,12H,10-11H2,1H3,(H,22,24)(H,23,25). The quantitative estimate of drug-likeness (QED) is 0.758. The molecule has 0 saturated heterocycles. The Kier molecular flexibility index (Phi) is 3.73. The van der Waals surface area contributed by atoms with Crippen molar-refractivity contribution in [3.8, 4) is 0 Å². The number of hydrogen-bond donors (Lipinski definition) is 2. The highest BCUT2D eigenvalue weighted by Gasteiger charge is 2.21. The second-order valence-corrected chi connectivity index (χ2v) is 6.30. The van der Waals surface area contributed by atoms with Crippen molar-refractivity contribution in [1.29, 1.82) is 0 Å². The number of aryl methyl sites for hydroxylation is 2. The molecule has 1 aliphatic carbocycles. The summed E-state index contributed by atoms with van der Waals surface area (Å²) in [6, 6.07) is 17.2. The van der Waals surface area contributed by atoms with Gasteiger partial charge in [-0.05, 0) is 47.6 Å². The van der Waals surface area contributed by atoms with Crippen molar-refractivity contribution in [2.75, 3.05) is 10.6 Å². The first kappa shape index (κ1) is 15.4. The molecular formula is C21H18N2O2. The maximum atomic E-state index is 12.7. The fourth-order valence-corrected chi connectivity index (χ4v) is 3.52. The highest BCUT2D eigenvalue weighted by atomic mass is 16.2. The van der Waals surface area contributed by atoms with Crippen LogP contribution < -0.4 is 10.6 Å². The Hall–Kier alpha value is -3.14. The van der Waals surface area contributed by atoms with Gasteiger partial charge < -0.3 is 10.6 Å². The van der Waals surface area contributed by atoms with Crippen molar-refractivity contribution < 1.29 is 9.59 Å². The SMILES string of the molecule is CC(=O)Nc1cc2c3c(cccc3c1NC(=O)c1ccccc1)CC2. The molecular weight excluding hydrogens is 312 g/mol. The maximum Gasteiger partial charge on any atom is 0.255 e. The topological polar surface area (TPSA) is 58.2 Å². The summed E-state index contributed by atoms with van der Waals surface area (Å²) in [5.41, 5.74) is 4.40. The van der Waals surface area contributed by atoms with Crippen molar-refractivity contribution in [3.05, 3.63) is 71.3 Å². The summed E-state index contributed by atoms with van der Waals surface area (Å²) in [5.74, 6) is -0.346. The van der Waals surface area contributed by atoms with E-state index in [1.54, 1.807) is 12.1 Å². The highest BCUT2D eigenvalue weighted by Crippen LogP contribution is 2.40. The lowest BCUT2D eigenvalue weighted by Crippen LogP contribution is -2.15. The number of amides is 2. The largest absolute Gasteiger partial charge is 0.325 e. The van der Waals surface area contributed by atoms with Crippen molar-refractivity contribution in [2.24, 2.45) is 0 Å². The Bertz CT molecular complexity index is 994. The van der Waals surface area contributed by atoms with Gasteiger partial charge in [0.15, 0.2) is 0 Å². The Labute approximate surface area is 145 Å². The van der Waals surface area contributed by atoms with E-state index in [-0.39, 0.29) is 11.8 Å². The van der Waals surface area contributed by atoms with E-state index in [0.29, 0.717) is 16.9 Å². The second kappa shape index (κ2) is 6.06. The third kappa shape index (κ3) is 2.76. The van der Waals surface area contributed by atoms with Gasteiger partial charge >= 0.3 is 0 Å². The lowest BCUT2D eigenvalue weighted by molar-refractivity contribution is -0.114. The van der Waals surface area contributed by atoms with E-state index in [9.17, 15) is 9.59 Å². The van der Waals surface area contributed by atoms with E-state index in [4.69, 9.17) is 0 Å². The molecule has 3 aromatic carbocycles. The molecule has 2 N–H and O–H groups in total. The number of carbonyl (C=O) groups excluding carboxylic acids is 2. The van der Waals surface area contributed by atoms with Crippen LogP contribution in [0.1, 0.15) is 28.4 Å². The number of benzene rings is 3. The molecule has 4 heteroatoms. The van der Waals surface area contributed by atoms with Crippen LogP contribution in [0.4, 0.5) is 11.4 Å². The summed E-state index contributed by atoms with van der Waals surface area (Å²) in [5, 5.41) is 8.04. The minimum atomic E-state index is -0.189. The van der Waals surface area contributed by atoms with E-state index in [1.165, 1.54) is 23.4 Å². The molecule has 0 radical (unpaired) electrons. The third-order valence-electron chi connectivity index (χ3n) is 4.58. The van der Waals surface area contributed by atoms with Gasteiger partial charge in [0.05, 0.1) is 11.4 Å². The van der Waals surface area contributed by atoms with E-state index >= 15 is 0 Å². The molecule has 0 aliphatic heterocycles. The minimum absolute atomic E-state index is 0.157. The van der Waals surface area contributed by atoms with Gasteiger partial charge in [0.1, 0.15) is 0 Å². The molecule has 4 rings (SSSR count). The zero-order chi connectivity index (χ0) is 17.4. The summed E-state index contributed by atoms with van der Waals surface area (Å²) in [6.07, 6.45) is 1.94. The van der Waals surface area contributed by atoms with Crippen LogP contribution in [0.3, 0.4) is 0 Å². The van der Waals surface area contributed by atoms with Crippen LogP contribution in [0.25, 0.3) is 10.8 Å². The first-order chi connectivity index (χ1) is 12.1. The molecule has 0 saturated carbocycles. The molecule has 0 bridgehead atoms. The predicted octanol–water partition coefficient (Wildman–Crippen LogP) is 4.15. The molecule has 0 fully saturated rings. The molecule has 3 aromatic rings. The molecule has 0 atom stereocenters. The summed E-state index contributed by atoms with van der Waals surface area (Å²) >= 11 is 0. The first-order valence-corrected chi connectivity index (χ1v) is 8.35. The summed E-state index contributed by atoms with van der Waals surface area (Å²) in [4.78, 5) is 24.3. The Morgan fingerprint density at radius 2 is 1.64 bits per heavy atom. The van der Waals surface area contributed by atoms with Gasteiger partial charge in [-0.2, -0.15) is 0 Å². The Morgan fingerprint density at radius 1 is 0.880 bits per heavy atom. The second-order valence-electron chi connectivity index (χ2n) is 6.30. The van der Waals surface area contributed by atoms with E-state index < -0.39 is 0 Å². The molecule has 1 aliphatic rings. The van der Waals surface area contributed by atoms with Crippen LogP contribution in [0.2, 0.25) is 0 Å². The zero-order valence-electron chi connectivity index (χ0n) is 13.9.